The minimum Gasteiger partial charge on any atom is -0.507 e. The highest BCUT2D eigenvalue weighted by molar-refractivity contribution is 6.31. The minimum atomic E-state index is -0.284. The third-order valence-electron chi connectivity index (χ3n) is 4.34. The average molecular weight is 408 g/mol. The van der Waals surface area contributed by atoms with Gasteiger partial charge in [-0.3, -0.25) is 4.79 Å². The maximum absolute atomic E-state index is 11.9. The van der Waals surface area contributed by atoms with Crippen LogP contribution in [0.3, 0.4) is 0 Å². The van der Waals surface area contributed by atoms with Gasteiger partial charge in [-0.2, -0.15) is 5.10 Å². The van der Waals surface area contributed by atoms with E-state index in [0.29, 0.717) is 17.0 Å². The summed E-state index contributed by atoms with van der Waals surface area (Å²) >= 11 is 6.22. The lowest BCUT2D eigenvalue weighted by molar-refractivity contribution is -0.119. The second-order valence-corrected chi connectivity index (χ2v) is 7.08. The predicted octanol–water partition coefficient (Wildman–Crippen LogP) is 4.51. The van der Waals surface area contributed by atoms with Crippen molar-refractivity contribution in [2.24, 2.45) is 5.10 Å². The zero-order valence-corrected chi connectivity index (χ0v) is 16.8. The molecule has 3 N–H and O–H groups in total. The highest BCUT2D eigenvalue weighted by Gasteiger charge is 2.05. The lowest BCUT2D eigenvalue weighted by Gasteiger charge is -2.07. The number of amides is 1. The van der Waals surface area contributed by atoms with Crippen molar-refractivity contribution in [3.8, 4) is 5.75 Å². The van der Waals surface area contributed by atoms with Crippen LogP contribution in [0.1, 0.15) is 22.3 Å². The van der Waals surface area contributed by atoms with E-state index >= 15 is 0 Å². The van der Waals surface area contributed by atoms with E-state index in [-0.39, 0.29) is 18.2 Å². The number of anilines is 1. The molecule has 6 heteroatoms. The van der Waals surface area contributed by atoms with Crippen LogP contribution < -0.4 is 10.7 Å². The van der Waals surface area contributed by atoms with E-state index in [1.165, 1.54) is 6.21 Å². The summed E-state index contributed by atoms with van der Waals surface area (Å²) in [5.41, 5.74) is 6.96. The molecule has 0 aliphatic rings. The maximum Gasteiger partial charge on any atom is 0.259 e. The molecule has 29 heavy (non-hydrogen) atoms. The first kappa shape index (κ1) is 20.4. The summed E-state index contributed by atoms with van der Waals surface area (Å²) in [6.07, 6.45) is 2.06. The van der Waals surface area contributed by atoms with Crippen LogP contribution in [0.25, 0.3) is 0 Å². The van der Waals surface area contributed by atoms with Crippen molar-refractivity contribution in [1.82, 2.24) is 5.43 Å². The van der Waals surface area contributed by atoms with Crippen LogP contribution >= 0.6 is 11.6 Å². The van der Waals surface area contributed by atoms with Crippen LogP contribution in [-0.2, 0) is 11.2 Å². The van der Waals surface area contributed by atoms with Gasteiger partial charge in [0, 0.05) is 16.3 Å². The van der Waals surface area contributed by atoms with E-state index in [4.69, 9.17) is 11.6 Å². The van der Waals surface area contributed by atoms with Gasteiger partial charge in [0.15, 0.2) is 0 Å². The molecule has 1 amide bonds. The average Bonchev–Trinajstić information content (AvgIpc) is 2.71. The summed E-state index contributed by atoms with van der Waals surface area (Å²) in [6, 6.07) is 20.6. The molecule has 148 valence electrons. The number of nitrogens with one attached hydrogen (secondary N) is 2. The molecule has 0 spiro atoms. The summed E-state index contributed by atoms with van der Waals surface area (Å²) in [6.45, 7) is 2.10. The number of carbonyl (C=O) groups excluding carboxylic acids is 1. The number of benzene rings is 3. The molecular weight excluding hydrogens is 386 g/mol. The van der Waals surface area contributed by atoms with Crippen molar-refractivity contribution < 1.29 is 9.90 Å². The Morgan fingerprint density at radius 1 is 1.10 bits per heavy atom. The second kappa shape index (κ2) is 9.75. The highest BCUT2D eigenvalue weighted by atomic mass is 35.5. The highest BCUT2D eigenvalue weighted by Crippen LogP contribution is 2.22. The second-order valence-electron chi connectivity index (χ2n) is 6.67. The number of halogens is 1. The zero-order chi connectivity index (χ0) is 20.6. The molecule has 0 aromatic heterocycles. The molecule has 5 nitrogen and oxygen atoms in total. The third kappa shape index (κ3) is 6.09. The molecule has 0 saturated carbocycles. The van der Waals surface area contributed by atoms with E-state index in [9.17, 15) is 9.90 Å². The number of hydrazone groups is 1. The Labute approximate surface area is 175 Å². The SMILES string of the molecule is Cc1ccc(NCC(=O)N/N=C\c2cc(Cc3ccccc3Cl)ccc2O)cc1. The van der Waals surface area contributed by atoms with Crippen molar-refractivity contribution in [1.29, 1.82) is 0 Å². The van der Waals surface area contributed by atoms with Crippen LogP contribution in [-0.4, -0.2) is 23.8 Å². The van der Waals surface area contributed by atoms with E-state index in [2.05, 4.69) is 15.8 Å². The van der Waals surface area contributed by atoms with Crippen LogP contribution in [0.2, 0.25) is 5.02 Å². The number of phenols is 1. The van der Waals surface area contributed by atoms with Gasteiger partial charge in [-0.25, -0.2) is 5.43 Å². The first-order valence-corrected chi connectivity index (χ1v) is 9.57. The molecule has 3 rings (SSSR count). The minimum absolute atomic E-state index is 0.0867. The molecule has 3 aromatic rings. The fourth-order valence-electron chi connectivity index (χ4n) is 2.75. The molecule has 0 heterocycles. The van der Waals surface area contributed by atoms with E-state index in [1.54, 1.807) is 6.07 Å². The summed E-state index contributed by atoms with van der Waals surface area (Å²) in [4.78, 5) is 11.9. The summed E-state index contributed by atoms with van der Waals surface area (Å²) < 4.78 is 0. The number of aromatic hydroxyl groups is 1. The Balaban J connectivity index is 1.57. The smallest absolute Gasteiger partial charge is 0.259 e. The maximum atomic E-state index is 11.9. The third-order valence-corrected chi connectivity index (χ3v) is 4.71. The fourth-order valence-corrected chi connectivity index (χ4v) is 2.95. The van der Waals surface area contributed by atoms with Gasteiger partial charge in [0.2, 0.25) is 0 Å². The van der Waals surface area contributed by atoms with Gasteiger partial charge in [0.1, 0.15) is 5.75 Å². The number of rotatable bonds is 7. The van der Waals surface area contributed by atoms with E-state index < -0.39 is 0 Å². The van der Waals surface area contributed by atoms with Gasteiger partial charge in [0.05, 0.1) is 12.8 Å². The van der Waals surface area contributed by atoms with Crippen molar-refractivity contribution >= 4 is 29.4 Å². The van der Waals surface area contributed by atoms with Crippen LogP contribution in [0.15, 0.2) is 71.8 Å². The Hall–Kier alpha value is -3.31. The lowest BCUT2D eigenvalue weighted by atomic mass is 10.0. The normalized spacial score (nSPS) is 10.8. The standard InChI is InChI=1S/C23H22ClN3O2/c1-16-6-9-20(10-7-16)25-15-23(29)27-26-14-19-13-17(8-11-22(19)28)12-18-4-2-3-5-21(18)24/h2-11,13-14,25,28H,12,15H2,1H3,(H,27,29)/b26-14-. The first-order valence-electron chi connectivity index (χ1n) is 9.19. The number of phenolic OH excluding ortho intramolecular Hbond substituents is 1. The van der Waals surface area contributed by atoms with Gasteiger partial charge in [-0.15, -0.1) is 0 Å². The van der Waals surface area contributed by atoms with Gasteiger partial charge in [-0.05, 0) is 54.8 Å². The van der Waals surface area contributed by atoms with Crippen LogP contribution in [0.4, 0.5) is 5.69 Å². The van der Waals surface area contributed by atoms with E-state index in [0.717, 1.165) is 22.4 Å². The monoisotopic (exact) mass is 407 g/mol. The molecule has 0 aliphatic heterocycles. The largest absolute Gasteiger partial charge is 0.507 e. The molecule has 0 bridgehead atoms. The van der Waals surface area contributed by atoms with Gasteiger partial charge in [-0.1, -0.05) is 53.6 Å². The number of hydrogen-bond donors (Lipinski definition) is 3. The summed E-state index contributed by atoms with van der Waals surface area (Å²) in [7, 11) is 0. The Morgan fingerprint density at radius 3 is 2.62 bits per heavy atom. The molecule has 3 aromatic carbocycles. The molecular formula is C23H22ClN3O2. The van der Waals surface area contributed by atoms with Gasteiger partial charge in [0.25, 0.3) is 5.91 Å². The van der Waals surface area contributed by atoms with Crippen molar-refractivity contribution in [3.63, 3.8) is 0 Å². The first-order chi connectivity index (χ1) is 14.0. The van der Waals surface area contributed by atoms with Crippen molar-refractivity contribution in [2.45, 2.75) is 13.3 Å². The molecule has 0 atom stereocenters. The topological polar surface area (TPSA) is 73.7 Å². The number of hydrogen-bond acceptors (Lipinski definition) is 4. The molecule has 0 unspecified atom stereocenters. The molecule has 0 aliphatic carbocycles. The Kier molecular flexibility index (Phi) is 6.87. The Bertz CT molecular complexity index is 1020. The van der Waals surface area contributed by atoms with Crippen molar-refractivity contribution in [3.05, 3.63) is 94.0 Å². The summed E-state index contributed by atoms with van der Waals surface area (Å²) in [5.74, 6) is -0.197. The predicted molar refractivity (Wildman–Crippen MR) is 118 cm³/mol. The molecule has 0 saturated heterocycles. The van der Waals surface area contributed by atoms with Crippen LogP contribution in [0, 0.1) is 6.92 Å². The Morgan fingerprint density at radius 2 is 1.86 bits per heavy atom. The summed E-state index contributed by atoms with van der Waals surface area (Å²) in [5, 5.41) is 17.7. The molecule has 0 radical (unpaired) electrons. The zero-order valence-electron chi connectivity index (χ0n) is 16.0. The number of nitrogens with zero attached hydrogens (tertiary/aromatic N) is 1. The quantitative estimate of drug-likeness (QED) is 0.398. The number of carbonyl (C=O) groups is 1. The fraction of sp³-hybridized carbons (Fsp3) is 0.130. The van der Waals surface area contributed by atoms with Crippen molar-refractivity contribution in [2.75, 3.05) is 11.9 Å². The van der Waals surface area contributed by atoms with E-state index in [1.807, 2.05) is 67.6 Å². The molecule has 0 fully saturated rings. The number of aryl methyl sites for hydroxylation is 1. The van der Waals surface area contributed by atoms with Crippen LogP contribution in [0.5, 0.6) is 5.75 Å². The lowest BCUT2D eigenvalue weighted by Crippen LogP contribution is -2.25. The van der Waals surface area contributed by atoms with Gasteiger partial charge < -0.3 is 10.4 Å². The van der Waals surface area contributed by atoms with Gasteiger partial charge >= 0.3 is 0 Å².